The lowest BCUT2D eigenvalue weighted by atomic mass is 10.2. The van der Waals surface area contributed by atoms with Crippen LogP contribution in [0.3, 0.4) is 0 Å². The molecule has 4 N–H and O–H groups in total. The summed E-state index contributed by atoms with van der Waals surface area (Å²) in [6, 6.07) is 5.84. The first kappa shape index (κ1) is 15.8. The minimum absolute atomic E-state index is 0.446. The van der Waals surface area contributed by atoms with Crippen molar-refractivity contribution in [1.82, 2.24) is 9.97 Å². The molecule has 0 bridgehead atoms. The third-order valence-corrected chi connectivity index (χ3v) is 3.09. The number of nitrogens with two attached hydrogens (primary N) is 1. The van der Waals surface area contributed by atoms with Crippen molar-refractivity contribution in [1.29, 1.82) is 0 Å². The van der Waals surface area contributed by atoms with Crippen LogP contribution in [-0.4, -0.2) is 37.3 Å². The molecule has 0 unspecified atom stereocenters. The number of aryl methyl sites for hydroxylation is 1. The van der Waals surface area contributed by atoms with E-state index in [1.54, 1.807) is 14.2 Å². The molecule has 0 saturated carbocycles. The van der Waals surface area contributed by atoms with E-state index in [0.717, 1.165) is 17.0 Å². The summed E-state index contributed by atoms with van der Waals surface area (Å²) in [6.45, 7) is 3.19. The van der Waals surface area contributed by atoms with Gasteiger partial charge in [0.2, 0.25) is 0 Å². The highest BCUT2D eigenvalue weighted by molar-refractivity contribution is 5.79. The lowest BCUT2D eigenvalue weighted by Gasteiger charge is -2.14. The van der Waals surface area contributed by atoms with Gasteiger partial charge in [-0.2, -0.15) is 0 Å². The SMILES string of the molecule is COCCNc1ncnc(Nc2cc(C)ccc2OC)c1N. The summed E-state index contributed by atoms with van der Waals surface area (Å²) in [5.74, 6) is 1.82. The van der Waals surface area contributed by atoms with Crippen molar-refractivity contribution < 1.29 is 9.47 Å². The summed E-state index contributed by atoms with van der Waals surface area (Å²) in [5, 5.41) is 6.30. The first-order valence-electron chi connectivity index (χ1n) is 6.90. The Morgan fingerprint density at radius 3 is 2.68 bits per heavy atom. The van der Waals surface area contributed by atoms with Crippen molar-refractivity contribution in [2.75, 3.05) is 43.7 Å². The number of nitrogen functional groups attached to an aromatic ring is 1. The van der Waals surface area contributed by atoms with Gasteiger partial charge in [-0.1, -0.05) is 6.07 Å². The van der Waals surface area contributed by atoms with Gasteiger partial charge in [-0.3, -0.25) is 0 Å². The molecule has 0 amide bonds. The van der Waals surface area contributed by atoms with Gasteiger partial charge >= 0.3 is 0 Å². The van der Waals surface area contributed by atoms with Crippen molar-refractivity contribution >= 4 is 23.0 Å². The largest absolute Gasteiger partial charge is 0.495 e. The molecule has 2 aromatic rings. The number of anilines is 4. The minimum Gasteiger partial charge on any atom is -0.495 e. The highest BCUT2D eigenvalue weighted by Gasteiger charge is 2.10. The second-order valence-electron chi connectivity index (χ2n) is 4.73. The summed E-state index contributed by atoms with van der Waals surface area (Å²) < 4.78 is 10.3. The van der Waals surface area contributed by atoms with Crippen molar-refractivity contribution in [2.24, 2.45) is 0 Å². The molecule has 0 fully saturated rings. The van der Waals surface area contributed by atoms with Crippen LogP contribution in [0.4, 0.5) is 23.0 Å². The molecule has 0 aliphatic rings. The zero-order chi connectivity index (χ0) is 15.9. The number of benzene rings is 1. The molecule has 22 heavy (non-hydrogen) atoms. The van der Waals surface area contributed by atoms with E-state index in [-0.39, 0.29) is 0 Å². The lowest BCUT2D eigenvalue weighted by Crippen LogP contribution is -2.12. The molecule has 0 saturated heterocycles. The number of nitrogens with zero attached hydrogens (tertiary/aromatic N) is 2. The standard InChI is InChI=1S/C15H21N5O2/c1-10-4-5-12(22-3)11(8-10)20-15-13(16)14(18-9-19-15)17-6-7-21-2/h4-5,8-9H,6-7,16H2,1-3H3,(H2,17,18,19,20). The van der Waals surface area contributed by atoms with Gasteiger partial charge in [-0.25, -0.2) is 9.97 Å². The van der Waals surface area contributed by atoms with Crippen LogP contribution >= 0.6 is 0 Å². The Morgan fingerprint density at radius 2 is 1.95 bits per heavy atom. The Bertz CT molecular complexity index is 633. The number of rotatable bonds is 7. The molecule has 0 atom stereocenters. The van der Waals surface area contributed by atoms with E-state index in [0.29, 0.717) is 30.5 Å². The molecule has 0 aliphatic heterocycles. The van der Waals surface area contributed by atoms with Crippen LogP contribution in [0.2, 0.25) is 0 Å². The molecule has 1 heterocycles. The van der Waals surface area contributed by atoms with Crippen LogP contribution in [0, 0.1) is 6.92 Å². The van der Waals surface area contributed by atoms with Gasteiger partial charge in [0.15, 0.2) is 11.6 Å². The van der Waals surface area contributed by atoms with Crippen LogP contribution in [-0.2, 0) is 4.74 Å². The third-order valence-electron chi connectivity index (χ3n) is 3.09. The average molecular weight is 303 g/mol. The number of methoxy groups -OCH3 is 2. The van der Waals surface area contributed by atoms with E-state index in [1.807, 2.05) is 25.1 Å². The Kier molecular flexibility index (Phi) is 5.37. The second-order valence-corrected chi connectivity index (χ2v) is 4.73. The number of ether oxygens (including phenoxy) is 2. The molecule has 1 aromatic carbocycles. The molecule has 7 nitrogen and oxygen atoms in total. The maximum Gasteiger partial charge on any atom is 0.159 e. The summed E-state index contributed by atoms with van der Waals surface area (Å²) in [7, 11) is 3.26. The maximum absolute atomic E-state index is 6.11. The summed E-state index contributed by atoms with van der Waals surface area (Å²) in [5.41, 5.74) is 8.47. The summed E-state index contributed by atoms with van der Waals surface area (Å²) >= 11 is 0. The van der Waals surface area contributed by atoms with Gasteiger partial charge in [-0.15, -0.1) is 0 Å². The molecule has 7 heteroatoms. The van der Waals surface area contributed by atoms with Crippen molar-refractivity contribution in [3.63, 3.8) is 0 Å². The summed E-state index contributed by atoms with van der Waals surface area (Å²) in [6.07, 6.45) is 1.45. The van der Waals surface area contributed by atoms with Gasteiger partial charge in [0.25, 0.3) is 0 Å². The smallest absolute Gasteiger partial charge is 0.159 e. The normalized spacial score (nSPS) is 10.3. The Hall–Kier alpha value is -2.54. The predicted octanol–water partition coefficient (Wildman–Crippen LogP) is 2.18. The second kappa shape index (κ2) is 7.46. The quantitative estimate of drug-likeness (QED) is 0.675. The van der Waals surface area contributed by atoms with E-state index in [9.17, 15) is 0 Å². The number of aromatic nitrogens is 2. The first-order valence-corrected chi connectivity index (χ1v) is 6.90. The number of hydrogen-bond donors (Lipinski definition) is 3. The number of hydrogen-bond acceptors (Lipinski definition) is 7. The molecule has 0 spiro atoms. The van der Waals surface area contributed by atoms with Crippen LogP contribution in [0.15, 0.2) is 24.5 Å². The molecular weight excluding hydrogens is 282 g/mol. The Balaban J connectivity index is 2.23. The van der Waals surface area contributed by atoms with Gasteiger partial charge in [0.1, 0.15) is 17.8 Å². The molecule has 118 valence electrons. The van der Waals surface area contributed by atoms with Gasteiger partial charge in [0.05, 0.1) is 19.4 Å². The van der Waals surface area contributed by atoms with Crippen molar-refractivity contribution in [3.8, 4) is 5.75 Å². The molecule has 0 aliphatic carbocycles. The van der Waals surface area contributed by atoms with Crippen molar-refractivity contribution in [2.45, 2.75) is 6.92 Å². The van der Waals surface area contributed by atoms with Gasteiger partial charge in [0, 0.05) is 13.7 Å². The molecule has 2 rings (SSSR count). The molecule has 1 aromatic heterocycles. The van der Waals surface area contributed by atoms with Gasteiger partial charge < -0.3 is 25.8 Å². The van der Waals surface area contributed by atoms with Crippen LogP contribution in [0.1, 0.15) is 5.56 Å². The third kappa shape index (κ3) is 3.76. The van der Waals surface area contributed by atoms with E-state index >= 15 is 0 Å². The van der Waals surface area contributed by atoms with E-state index < -0.39 is 0 Å². The zero-order valence-electron chi connectivity index (χ0n) is 13.0. The van der Waals surface area contributed by atoms with Crippen LogP contribution in [0.5, 0.6) is 5.75 Å². The highest BCUT2D eigenvalue weighted by Crippen LogP contribution is 2.31. The average Bonchev–Trinajstić information content (AvgIpc) is 2.51. The topological polar surface area (TPSA) is 94.3 Å². The maximum atomic E-state index is 6.11. The minimum atomic E-state index is 0.446. The first-order chi connectivity index (χ1) is 10.7. The van der Waals surface area contributed by atoms with Crippen LogP contribution in [0.25, 0.3) is 0 Å². The fourth-order valence-electron chi connectivity index (χ4n) is 1.95. The van der Waals surface area contributed by atoms with E-state index in [4.69, 9.17) is 15.2 Å². The molecule has 0 radical (unpaired) electrons. The van der Waals surface area contributed by atoms with Gasteiger partial charge in [-0.05, 0) is 24.6 Å². The lowest BCUT2D eigenvalue weighted by molar-refractivity contribution is 0.210. The summed E-state index contributed by atoms with van der Waals surface area (Å²) in [4.78, 5) is 8.33. The van der Waals surface area contributed by atoms with Crippen LogP contribution < -0.4 is 21.1 Å². The van der Waals surface area contributed by atoms with E-state index in [2.05, 4.69) is 20.6 Å². The monoisotopic (exact) mass is 303 g/mol. The van der Waals surface area contributed by atoms with E-state index in [1.165, 1.54) is 6.33 Å². The molecular formula is C15H21N5O2. The fraction of sp³-hybridized carbons (Fsp3) is 0.333. The predicted molar refractivity (Wildman–Crippen MR) is 87.8 cm³/mol. The highest BCUT2D eigenvalue weighted by atomic mass is 16.5. The Morgan fingerprint density at radius 1 is 1.18 bits per heavy atom. The number of nitrogens with one attached hydrogen (secondary N) is 2. The van der Waals surface area contributed by atoms with Crippen molar-refractivity contribution in [3.05, 3.63) is 30.1 Å². The Labute approximate surface area is 129 Å². The zero-order valence-corrected chi connectivity index (χ0v) is 13.0. The fourth-order valence-corrected chi connectivity index (χ4v) is 1.95.